The lowest BCUT2D eigenvalue weighted by Crippen LogP contribution is -3.11. The van der Waals surface area contributed by atoms with Crippen LogP contribution in [0.1, 0.15) is 37.0 Å². The molecule has 0 aliphatic carbocycles. The molecule has 3 aromatic rings. The van der Waals surface area contributed by atoms with E-state index >= 15 is 0 Å². The Hall–Kier alpha value is -1.61. The second-order valence-electron chi connectivity index (χ2n) is 7.20. The summed E-state index contributed by atoms with van der Waals surface area (Å²) < 4.78 is 7.74. The van der Waals surface area contributed by atoms with Crippen LogP contribution in [0.5, 0.6) is 0 Å². The Kier molecular flexibility index (Phi) is 4.23. The van der Waals surface area contributed by atoms with Crippen LogP contribution in [0.4, 0.5) is 0 Å². The van der Waals surface area contributed by atoms with Gasteiger partial charge >= 0.3 is 0 Å². The second-order valence-corrected chi connectivity index (χ2v) is 8.29. The summed E-state index contributed by atoms with van der Waals surface area (Å²) in [6.07, 6.45) is 2.61. The van der Waals surface area contributed by atoms with Crippen molar-refractivity contribution in [2.24, 2.45) is 0 Å². The zero-order valence-electron chi connectivity index (χ0n) is 14.9. The van der Waals surface area contributed by atoms with Crippen LogP contribution in [-0.2, 0) is 24.3 Å². The average molecular weight is 362 g/mol. The van der Waals surface area contributed by atoms with Crippen LogP contribution >= 0.6 is 11.3 Å². The second kappa shape index (κ2) is 6.28. The number of likely N-dealkylation sites (N-methyl/N-ethyl adjacent to an activating group) is 1. The molecule has 25 heavy (non-hydrogen) atoms. The van der Waals surface area contributed by atoms with Crippen LogP contribution < -0.4 is 4.90 Å². The smallest absolute Gasteiger partial charge is 0.206 e. The fraction of sp³-hybridized carbons (Fsp3) is 0.588. The molecule has 1 unspecified atom stereocenters. The standard InChI is InChI=1S/C17H23N5O2S/c1-4-21(5-6-23)8-13-19-15-14-11-7-17(2,3)24-9-12(11)25-16(14)18-10-22(15)20-13/h10,23H,4-9H2,1-3H3/p+1. The van der Waals surface area contributed by atoms with Gasteiger partial charge in [-0.05, 0) is 26.3 Å². The maximum Gasteiger partial charge on any atom is 0.206 e. The number of nitrogens with one attached hydrogen (secondary N) is 1. The number of ether oxygens (including phenoxy) is 1. The summed E-state index contributed by atoms with van der Waals surface area (Å²) in [5.74, 6) is 0.797. The molecule has 0 aromatic carbocycles. The molecule has 0 spiro atoms. The first-order chi connectivity index (χ1) is 12.0. The molecule has 0 saturated carbocycles. The first-order valence-corrected chi connectivity index (χ1v) is 9.55. The topological polar surface area (TPSA) is 77.0 Å². The fourth-order valence-corrected chi connectivity index (χ4v) is 4.50. The summed E-state index contributed by atoms with van der Waals surface area (Å²) in [4.78, 5) is 12.9. The monoisotopic (exact) mass is 362 g/mol. The van der Waals surface area contributed by atoms with Crippen molar-refractivity contribution in [2.75, 3.05) is 19.7 Å². The lowest BCUT2D eigenvalue weighted by atomic mass is 9.94. The third-order valence-corrected chi connectivity index (χ3v) is 5.94. The van der Waals surface area contributed by atoms with E-state index in [0.717, 1.165) is 34.7 Å². The van der Waals surface area contributed by atoms with E-state index in [0.29, 0.717) is 19.7 Å². The van der Waals surface area contributed by atoms with Crippen molar-refractivity contribution < 1.29 is 14.7 Å². The van der Waals surface area contributed by atoms with E-state index in [1.807, 2.05) is 0 Å². The van der Waals surface area contributed by atoms with Gasteiger partial charge in [0.1, 0.15) is 24.2 Å². The van der Waals surface area contributed by atoms with E-state index in [2.05, 4.69) is 30.9 Å². The van der Waals surface area contributed by atoms with E-state index in [1.54, 1.807) is 22.2 Å². The summed E-state index contributed by atoms with van der Waals surface area (Å²) in [5.41, 5.74) is 2.03. The zero-order valence-corrected chi connectivity index (χ0v) is 15.7. The molecule has 0 saturated heterocycles. The number of nitrogens with zero attached hydrogens (tertiary/aromatic N) is 4. The molecule has 7 nitrogen and oxygen atoms in total. The summed E-state index contributed by atoms with van der Waals surface area (Å²) >= 11 is 1.70. The van der Waals surface area contributed by atoms with Crippen LogP contribution in [0.25, 0.3) is 15.9 Å². The van der Waals surface area contributed by atoms with E-state index in [-0.39, 0.29) is 12.2 Å². The van der Waals surface area contributed by atoms with Gasteiger partial charge in [-0.1, -0.05) is 0 Å². The van der Waals surface area contributed by atoms with Gasteiger partial charge in [-0.3, -0.25) is 0 Å². The Labute approximate surface area is 150 Å². The predicted molar refractivity (Wildman–Crippen MR) is 95.9 cm³/mol. The Balaban J connectivity index is 1.79. The molecular weight excluding hydrogens is 338 g/mol. The van der Waals surface area contributed by atoms with Crippen LogP contribution in [0, 0.1) is 0 Å². The molecule has 4 heterocycles. The lowest BCUT2D eigenvalue weighted by molar-refractivity contribution is -0.913. The van der Waals surface area contributed by atoms with E-state index in [9.17, 15) is 5.11 Å². The molecule has 134 valence electrons. The highest BCUT2D eigenvalue weighted by Gasteiger charge is 2.30. The van der Waals surface area contributed by atoms with Crippen molar-refractivity contribution in [3.05, 3.63) is 22.6 Å². The fourth-order valence-electron chi connectivity index (χ4n) is 3.43. The van der Waals surface area contributed by atoms with Crippen LogP contribution in [0.3, 0.4) is 0 Å². The number of aliphatic hydroxyl groups excluding tert-OH is 1. The van der Waals surface area contributed by atoms with Gasteiger partial charge < -0.3 is 14.7 Å². The minimum Gasteiger partial charge on any atom is -0.391 e. The van der Waals surface area contributed by atoms with E-state index in [1.165, 1.54) is 15.3 Å². The third kappa shape index (κ3) is 3.03. The van der Waals surface area contributed by atoms with Gasteiger partial charge in [-0.25, -0.2) is 14.5 Å². The molecule has 0 amide bonds. The molecule has 0 radical (unpaired) electrons. The summed E-state index contributed by atoms with van der Waals surface area (Å²) in [6, 6.07) is 0. The number of aliphatic hydroxyl groups is 1. The average Bonchev–Trinajstić information content (AvgIpc) is 3.13. The molecule has 8 heteroatoms. The molecule has 3 aromatic heterocycles. The van der Waals surface area contributed by atoms with Gasteiger partial charge in [0.05, 0.1) is 30.7 Å². The van der Waals surface area contributed by atoms with Crippen molar-refractivity contribution in [1.82, 2.24) is 19.6 Å². The van der Waals surface area contributed by atoms with Crippen LogP contribution in [-0.4, -0.2) is 50.0 Å². The molecule has 0 fully saturated rings. The number of rotatable bonds is 5. The largest absolute Gasteiger partial charge is 0.391 e. The Bertz CT molecular complexity index is 917. The Morgan fingerprint density at radius 3 is 3.04 bits per heavy atom. The molecule has 1 aliphatic rings. The van der Waals surface area contributed by atoms with Crippen molar-refractivity contribution in [3.63, 3.8) is 0 Å². The maximum absolute atomic E-state index is 9.19. The number of hydrogen-bond acceptors (Lipinski definition) is 6. The number of thiophene rings is 1. The summed E-state index contributed by atoms with van der Waals surface area (Å²) in [6.45, 7) is 9.52. The van der Waals surface area contributed by atoms with Gasteiger partial charge in [0.25, 0.3) is 0 Å². The quantitative estimate of drug-likeness (QED) is 0.695. The van der Waals surface area contributed by atoms with Crippen molar-refractivity contribution in [1.29, 1.82) is 0 Å². The SMILES string of the molecule is CC[NH+](CCO)Cc1nc2c3c4c(sc3ncn2n1)COC(C)(C)C4. The minimum absolute atomic E-state index is 0.166. The molecule has 1 atom stereocenters. The Morgan fingerprint density at radius 2 is 2.28 bits per heavy atom. The molecule has 0 bridgehead atoms. The molecule has 1 aliphatic heterocycles. The number of quaternary nitrogens is 1. The third-order valence-electron chi connectivity index (χ3n) is 4.83. The van der Waals surface area contributed by atoms with Crippen molar-refractivity contribution in [2.45, 2.75) is 45.9 Å². The lowest BCUT2D eigenvalue weighted by Gasteiger charge is -2.30. The first kappa shape index (κ1) is 16.8. The van der Waals surface area contributed by atoms with Gasteiger partial charge in [0.2, 0.25) is 5.82 Å². The highest BCUT2D eigenvalue weighted by Crippen LogP contribution is 2.39. The minimum atomic E-state index is -0.166. The molecule has 4 rings (SSSR count). The van der Waals surface area contributed by atoms with Gasteiger partial charge in [0, 0.05) is 11.3 Å². The normalized spacial score (nSPS) is 17.9. The number of fused-ring (bicyclic) bond motifs is 5. The highest BCUT2D eigenvalue weighted by atomic mass is 32.1. The highest BCUT2D eigenvalue weighted by molar-refractivity contribution is 7.19. The van der Waals surface area contributed by atoms with Gasteiger partial charge in [0.15, 0.2) is 5.65 Å². The number of aromatic nitrogens is 4. The number of hydrogen-bond donors (Lipinski definition) is 2. The zero-order chi connectivity index (χ0) is 17.6. The van der Waals surface area contributed by atoms with Crippen LogP contribution in [0.15, 0.2) is 6.33 Å². The van der Waals surface area contributed by atoms with Crippen molar-refractivity contribution >= 4 is 27.2 Å². The van der Waals surface area contributed by atoms with Gasteiger partial charge in [-0.15, -0.1) is 16.4 Å². The first-order valence-electron chi connectivity index (χ1n) is 8.73. The summed E-state index contributed by atoms with van der Waals surface area (Å²) in [5, 5.41) is 14.9. The Morgan fingerprint density at radius 1 is 1.44 bits per heavy atom. The maximum atomic E-state index is 9.19. The van der Waals surface area contributed by atoms with Crippen LogP contribution in [0.2, 0.25) is 0 Å². The van der Waals surface area contributed by atoms with Crippen molar-refractivity contribution in [3.8, 4) is 0 Å². The van der Waals surface area contributed by atoms with E-state index in [4.69, 9.17) is 9.72 Å². The predicted octanol–water partition coefficient (Wildman–Crippen LogP) is 0.587. The van der Waals surface area contributed by atoms with Gasteiger partial charge in [-0.2, -0.15) is 0 Å². The summed E-state index contributed by atoms with van der Waals surface area (Å²) in [7, 11) is 0. The molecule has 2 N–H and O–H groups in total. The molecular formula is C17H24N5O2S+. The van der Waals surface area contributed by atoms with E-state index < -0.39 is 0 Å².